The molecule has 0 atom stereocenters. The molecule has 0 bridgehead atoms. The molecule has 1 aliphatic carbocycles. The van der Waals surface area contributed by atoms with Crippen LogP contribution in [-0.2, 0) is 14.8 Å². The average Bonchev–Trinajstić information content (AvgIpc) is 2.96. The number of anilines is 1. The SMILES string of the molecule is Cc1cc(S(=O)(=O)Nc2ccccc2)ccc1OCC(=O)NC1CCCCCC1. The van der Waals surface area contributed by atoms with Gasteiger partial charge in [-0.25, -0.2) is 8.42 Å². The number of hydrogen-bond donors (Lipinski definition) is 2. The Bertz CT molecular complexity index is 921. The van der Waals surface area contributed by atoms with E-state index < -0.39 is 10.0 Å². The van der Waals surface area contributed by atoms with Gasteiger partial charge in [0.05, 0.1) is 4.90 Å². The number of ether oxygens (including phenoxy) is 1. The molecule has 0 aromatic heterocycles. The van der Waals surface area contributed by atoms with Crippen molar-refractivity contribution in [1.29, 1.82) is 0 Å². The number of nitrogens with one attached hydrogen (secondary N) is 2. The van der Waals surface area contributed by atoms with E-state index in [4.69, 9.17) is 4.74 Å². The summed E-state index contributed by atoms with van der Waals surface area (Å²) in [4.78, 5) is 12.3. The number of carbonyl (C=O) groups is 1. The van der Waals surface area contributed by atoms with Crippen LogP contribution < -0.4 is 14.8 Å². The Morgan fingerprint density at radius 3 is 2.38 bits per heavy atom. The summed E-state index contributed by atoms with van der Waals surface area (Å²) >= 11 is 0. The van der Waals surface area contributed by atoms with Crippen molar-refractivity contribution in [3.63, 3.8) is 0 Å². The molecule has 2 aromatic rings. The van der Waals surface area contributed by atoms with Crippen LogP contribution in [0.25, 0.3) is 0 Å². The summed E-state index contributed by atoms with van der Waals surface area (Å²) in [6, 6.07) is 13.6. The zero-order chi connectivity index (χ0) is 20.7. The molecule has 1 saturated carbocycles. The normalized spacial score (nSPS) is 15.3. The minimum atomic E-state index is -3.69. The van der Waals surface area contributed by atoms with Crippen LogP contribution in [0.3, 0.4) is 0 Å². The predicted octanol–water partition coefficient (Wildman–Crippen LogP) is 4.01. The van der Waals surface area contributed by atoms with Crippen LogP contribution in [0, 0.1) is 6.92 Å². The maximum Gasteiger partial charge on any atom is 0.261 e. The fraction of sp³-hybridized carbons (Fsp3) is 0.409. The van der Waals surface area contributed by atoms with Crippen molar-refractivity contribution in [2.24, 2.45) is 0 Å². The third-order valence-corrected chi connectivity index (χ3v) is 6.44. The fourth-order valence-corrected chi connectivity index (χ4v) is 4.65. The van der Waals surface area contributed by atoms with Gasteiger partial charge in [0.15, 0.2) is 6.61 Å². The number of amides is 1. The number of carbonyl (C=O) groups excluding carboxylic acids is 1. The van der Waals surface area contributed by atoms with Gasteiger partial charge in [0.25, 0.3) is 15.9 Å². The summed E-state index contributed by atoms with van der Waals surface area (Å²) in [5.74, 6) is 0.360. The van der Waals surface area contributed by atoms with Gasteiger partial charge in [-0.3, -0.25) is 9.52 Å². The molecule has 1 aliphatic rings. The third-order valence-electron chi connectivity index (χ3n) is 5.06. The highest BCUT2D eigenvalue weighted by Crippen LogP contribution is 2.23. The highest BCUT2D eigenvalue weighted by molar-refractivity contribution is 7.92. The first-order chi connectivity index (χ1) is 13.9. The number of sulfonamides is 1. The molecule has 2 aromatic carbocycles. The zero-order valence-electron chi connectivity index (χ0n) is 16.7. The van der Waals surface area contributed by atoms with Crippen molar-refractivity contribution < 1.29 is 17.9 Å². The van der Waals surface area contributed by atoms with Gasteiger partial charge in [0, 0.05) is 11.7 Å². The lowest BCUT2D eigenvalue weighted by Crippen LogP contribution is -2.37. The Morgan fingerprint density at radius 2 is 1.72 bits per heavy atom. The van der Waals surface area contributed by atoms with Crippen molar-refractivity contribution in [3.05, 3.63) is 54.1 Å². The maximum absolute atomic E-state index is 12.6. The topological polar surface area (TPSA) is 84.5 Å². The van der Waals surface area contributed by atoms with E-state index in [0.717, 1.165) is 25.7 Å². The van der Waals surface area contributed by atoms with Crippen LogP contribution in [0.4, 0.5) is 5.69 Å². The van der Waals surface area contributed by atoms with Gasteiger partial charge in [0.2, 0.25) is 0 Å². The molecular weight excluding hydrogens is 388 g/mol. The number of para-hydroxylation sites is 1. The molecule has 0 saturated heterocycles. The molecule has 3 rings (SSSR count). The third kappa shape index (κ3) is 6.22. The minimum Gasteiger partial charge on any atom is -0.484 e. The Balaban J connectivity index is 1.58. The van der Waals surface area contributed by atoms with Crippen LogP contribution in [0.1, 0.15) is 44.1 Å². The quantitative estimate of drug-likeness (QED) is 0.668. The van der Waals surface area contributed by atoms with E-state index in [9.17, 15) is 13.2 Å². The molecule has 1 fully saturated rings. The molecule has 0 spiro atoms. The number of rotatable bonds is 7. The summed E-state index contributed by atoms with van der Waals surface area (Å²) in [7, 11) is -3.69. The van der Waals surface area contributed by atoms with Crippen LogP contribution >= 0.6 is 0 Å². The molecule has 156 valence electrons. The molecule has 6 nitrogen and oxygen atoms in total. The summed E-state index contributed by atoms with van der Waals surface area (Å²) in [6.45, 7) is 1.69. The Hall–Kier alpha value is -2.54. The van der Waals surface area contributed by atoms with Gasteiger partial charge in [-0.15, -0.1) is 0 Å². The number of hydrogen-bond acceptors (Lipinski definition) is 4. The first-order valence-corrected chi connectivity index (χ1v) is 11.5. The van der Waals surface area contributed by atoms with Gasteiger partial charge in [-0.2, -0.15) is 0 Å². The van der Waals surface area contributed by atoms with Crippen LogP contribution in [-0.4, -0.2) is 27.0 Å². The second-order valence-corrected chi connectivity index (χ2v) is 9.13. The highest BCUT2D eigenvalue weighted by atomic mass is 32.2. The standard InChI is InChI=1S/C22H28N2O4S/c1-17-15-20(29(26,27)24-19-11-7-4-8-12-19)13-14-21(17)28-16-22(25)23-18-9-5-2-3-6-10-18/h4,7-8,11-15,18,24H,2-3,5-6,9-10,16H2,1H3,(H,23,25). The summed E-state index contributed by atoms with van der Waals surface area (Å²) in [6.07, 6.45) is 6.81. The molecule has 0 radical (unpaired) electrons. The maximum atomic E-state index is 12.6. The molecule has 2 N–H and O–H groups in total. The second kappa shape index (κ2) is 9.78. The van der Waals surface area contributed by atoms with Crippen LogP contribution in [0.15, 0.2) is 53.4 Å². The minimum absolute atomic E-state index is 0.0777. The van der Waals surface area contributed by atoms with Crippen molar-refractivity contribution in [1.82, 2.24) is 5.32 Å². The highest BCUT2D eigenvalue weighted by Gasteiger charge is 2.17. The van der Waals surface area contributed by atoms with E-state index in [0.29, 0.717) is 17.0 Å². The Kier molecular flexibility index (Phi) is 7.14. The van der Waals surface area contributed by atoms with Crippen LogP contribution in [0.5, 0.6) is 5.75 Å². The van der Waals surface area contributed by atoms with E-state index in [1.54, 1.807) is 43.3 Å². The smallest absolute Gasteiger partial charge is 0.261 e. The molecule has 29 heavy (non-hydrogen) atoms. The molecule has 1 amide bonds. The molecule has 7 heteroatoms. The Morgan fingerprint density at radius 1 is 1.03 bits per heavy atom. The van der Waals surface area contributed by atoms with Crippen molar-refractivity contribution >= 4 is 21.6 Å². The zero-order valence-corrected chi connectivity index (χ0v) is 17.5. The molecule has 0 unspecified atom stereocenters. The van der Waals surface area contributed by atoms with Crippen molar-refractivity contribution in [2.45, 2.75) is 56.4 Å². The second-order valence-electron chi connectivity index (χ2n) is 7.44. The summed E-state index contributed by atoms with van der Waals surface area (Å²) < 4.78 is 33.3. The van der Waals surface area contributed by atoms with E-state index in [2.05, 4.69) is 10.0 Å². The van der Waals surface area contributed by atoms with Gasteiger partial charge in [-0.05, 0) is 55.7 Å². The Labute approximate surface area is 172 Å². The first kappa shape index (κ1) is 21.2. The first-order valence-electron chi connectivity index (χ1n) is 10.0. The van der Waals surface area contributed by atoms with Gasteiger partial charge in [0.1, 0.15) is 5.75 Å². The largest absolute Gasteiger partial charge is 0.484 e. The van der Waals surface area contributed by atoms with E-state index in [-0.39, 0.29) is 23.5 Å². The lowest BCUT2D eigenvalue weighted by atomic mass is 10.1. The van der Waals surface area contributed by atoms with Gasteiger partial charge < -0.3 is 10.1 Å². The van der Waals surface area contributed by atoms with Crippen LogP contribution in [0.2, 0.25) is 0 Å². The summed E-state index contributed by atoms with van der Waals surface area (Å²) in [5.41, 5.74) is 1.16. The summed E-state index contributed by atoms with van der Waals surface area (Å²) in [5, 5.41) is 3.04. The fourth-order valence-electron chi connectivity index (χ4n) is 3.51. The van der Waals surface area contributed by atoms with E-state index >= 15 is 0 Å². The van der Waals surface area contributed by atoms with E-state index in [1.165, 1.54) is 18.9 Å². The van der Waals surface area contributed by atoms with Crippen molar-refractivity contribution in [2.75, 3.05) is 11.3 Å². The lowest BCUT2D eigenvalue weighted by molar-refractivity contribution is -0.123. The predicted molar refractivity (Wildman–Crippen MR) is 114 cm³/mol. The lowest BCUT2D eigenvalue weighted by Gasteiger charge is -2.17. The van der Waals surface area contributed by atoms with Gasteiger partial charge >= 0.3 is 0 Å². The average molecular weight is 417 g/mol. The number of benzene rings is 2. The van der Waals surface area contributed by atoms with Gasteiger partial charge in [-0.1, -0.05) is 43.9 Å². The monoisotopic (exact) mass is 416 g/mol. The van der Waals surface area contributed by atoms with E-state index in [1.807, 2.05) is 6.07 Å². The van der Waals surface area contributed by atoms with Crippen molar-refractivity contribution in [3.8, 4) is 5.75 Å². The molecular formula is C22H28N2O4S. The molecule has 0 aliphatic heterocycles. The molecule has 0 heterocycles. The number of aryl methyl sites for hydroxylation is 1.